The summed E-state index contributed by atoms with van der Waals surface area (Å²) < 4.78 is 64.6. The van der Waals surface area contributed by atoms with Crippen molar-refractivity contribution in [2.45, 2.75) is 4.90 Å². The van der Waals surface area contributed by atoms with E-state index in [1.807, 2.05) is 0 Å². The van der Waals surface area contributed by atoms with E-state index in [1.165, 1.54) is 31.4 Å². The molecule has 11 heteroatoms. The highest BCUT2D eigenvalue weighted by atomic mass is 35.5. The molecule has 0 saturated carbocycles. The molecular weight excluding hydrogens is 466 g/mol. The number of methoxy groups -OCH3 is 1. The van der Waals surface area contributed by atoms with Crippen LogP contribution in [0.2, 0.25) is 5.02 Å². The van der Waals surface area contributed by atoms with E-state index in [0.29, 0.717) is 11.4 Å². The van der Waals surface area contributed by atoms with Crippen LogP contribution in [0.25, 0.3) is 0 Å². The molecule has 32 heavy (non-hydrogen) atoms. The second-order valence-corrected chi connectivity index (χ2v) is 8.48. The zero-order valence-electron chi connectivity index (χ0n) is 16.6. The monoisotopic (exact) mass is 482 g/mol. The quantitative estimate of drug-likeness (QED) is 0.495. The van der Waals surface area contributed by atoms with Crippen LogP contribution in [0.3, 0.4) is 0 Å². The van der Waals surface area contributed by atoms with Crippen molar-refractivity contribution in [3.63, 3.8) is 0 Å². The van der Waals surface area contributed by atoms with Crippen molar-refractivity contribution in [1.29, 1.82) is 0 Å². The SMILES string of the molecule is COc1ccc(NS(=O)(=O)c2ccc(OCC(=O)Nc3cc(F)ccc3F)c(Cl)c2)cc1. The van der Waals surface area contributed by atoms with Crippen LogP contribution in [0.15, 0.2) is 65.6 Å². The van der Waals surface area contributed by atoms with Gasteiger partial charge in [-0.15, -0.1) is 0 Å². The summed E-state index contributed by atoms with van der Waals surface area (Å²) in [5.41, 5.74) is -0.0146. The maximum absolute atomic E-state index is 13.6. The minimum Gasteiger partial charge on any atom is -0.497 e. The van der Waals surface area contributed by atoms with Crippen LogP contribution in [0.5, 0.6) is 11.5 Å². The summed E-state index contributed by atoms with van der Waals surface area (Å²) in [6.07, 6.45) is 0. The molecule has 3 aromatic carbocycles. The molecule has 0 aliphatic heterocycles. The van der Waals surface area contributed by atoms with Crippen molar-refractivity contribution in [2.75, 3.05) is 23.8 Å². The van der Waals surface area contributed by atoms with Gasteiger partial charge in [0.05, 0.1) is 22.7 Å². The molecule has 0 unspecified atom stereocenters. The van der Waals surface area contributed by atoms with E-state index in [0.717, 1.165) is 24.3 Å². The standard InChI is InChI=1S/C21H17ClF2N2O5S/c1-30-15-5-3-14(4-6-15)26-32(28,29)16-7-9-20(17(22)11-16)31-12-21(27)25-19-10-13(23)2-8-18(19)24/h2-11,26H,12H2,1H3,(H,25,27). The number of ether oxygens (including phenoxy) is 2. The third kappa shape index (κ3) is 5.86. The largest absolute Gasteiger partial charge is 0.497 e. The number of sulfonamides is 1. The van der Waals surface area contributed by atoms with Gasteiger partial charge in [0.2, 0.25) is 0 Å². The summed E-state index contributed by atoms with van der Waals surface area (Å²) in [6.45, 7) is -0.564. The van der Waals surface area contributed by atoms with Gasteiger partial charge in [-0.25, -0.2) is 17.2 Å². The predicted octanol–water partition coefficient (Wildman–Crippen LogP) is 4.45. The van der Waals surface area contributed by atoms with Crippen LogP contribution in [-0.2, 0) is 14.8 Å². The lowest BCUT2D eigenvalue weighted by molar-refractivity contribution is -0.118. The average Bonchev–Trinajstić information content (AvgIpc) is 2.75. The van der Waals surface area contributed by atoms with Crippen LogP contribution < -0.4 is 19.5 Å². The second-order valence-electron chi connectivity index (χ2n) is 6.39. The lowest BCUT2D eigenvalue weighted by atomic mass is 10.3. The molecule has 168 valence electrons. The lowest BCUT2D eigenvalue weighted by Crippen LogP contribution is -2.21. The zero-order valence-corrected chi connectivity index (χ0v) is 18.1. The van der Waals surface area contributed by atoms with Crippen molar-refractivity contribution < 1.29 is 31.5 Å². The number of carbonyl (C=O) groups excluding carboxylic acids is 1. The fourth-order valence-electron chi connectivity index (χ4n) is 2.56. The van der Waals surface area contributed by atoms with Gasteiger partial charge < -0.3 is 14.8 Å². The molecule has 3 aromatic rings. The van der Waals surface area contributed by atoms with Gasteiger partial charge >= 0.3 is 0 Å². The van der Waals surface area contributed by atoms with Crippen molar-refractivity contribution in [3.8, 4) is 11.5 Å². The Hall–Kier alpha value is -3.37. The summed E-state index contributed by atoms with van der Waals surface area (Å²) in [6, 6.07) is 12.6. The van der Waals surface area contributed by atoms with Crippen LogP contribution in [-0.4, -0.2) is 28.0 Å². The van der Waals surface area contributed by atoms with E-state index >= 15 is 0 Å². The van der Waals surface area contributed by atoms with Crippen LogP contribution in [0.4, 0.5) is 20.2 Å². The first-order valence-corrected chi connectivity index (χ1v) is 10.9. The summed E-state index contributed by atoms with van der Waals surface area (Å²) in [4.78, 5) is 11.8. The molecule has 2 N–H and O–H groups in total. The first-order chi connectivity index (χ1) is 15.2. The smallest absolute Gasteiger partial charge is 0.262 e. The molecule has 0 aromatic heterocycles. The minimum atomic E-state index is -3.94. The third-order valence-electron chi connectivity index (χ3n) is 4.12. The first kappa shape index (κ1) is 23.3. The van der Waals surface area contributed by atoms with E-state index in [1.54, 1.807) is 12.1 Å². The Balaban J connectivity index is 1.65. The maximum atomic E-state index is 13.6. The van der Waals surface area contributed by atoms with Crippen molar-refractivity contribution in [2.24, 2.45) is 0 Å². The molecule has 0 aliphatic rings. The van der Waals surface area contributed by atoms with Crippen LogP contribution in [0, 0.1) is 11.6 Å². The molecular formula is C21H17ClF2N2O5S. The highest BCUT2D eigenvalue weighted by Gasteiger charge is 2.17. The predicted molar refractivity (Wildman–Crippen MR) is 116 cm³/mol. The fraction of sp³-hybridized carbons (Fsp3) is 0.0952. The molecule has 1 amide bonds. The Morgan fingerprint density at radius 3 is 2.41 bits per heavy atom. The van der Waals surface area contributed by atoms with E-state index < -0.39 is 34.2 Å². The molecule has 0 spiro atoms. The fourth-order valence-corrected chi connectivity index (χ4v) is 3.95. The molecule has 0 heterocycles. The highest BCUT2D eigenvalue weighted by molar-refractivity contribution is 7.92. The van der Waals surface area contributed by atoms with Gasteiger partial charge in [-0.2, -0.15) is 0 Å². The van der Waals surface area contributed by atoms with Crippen molar-refractivity contribution >= 4 is 38.9 Å². The van der Waals surface area contributed by atoms with Gasteiger partial charge in [-0.3, -0.25) is 9.52 Å². The molecule has 3 rings (SSSR count). The maximum Gasteiger partial charge on any atom is 0.262 e. The minimum absolute atomic E-state index is 0.0323. The van der Waals surface area contributed by atoms with Gasteiger partial charge in [-0.05, 0) is 54.6 Å². The third-order valence-corrected chi connectivity index (χ3v) is 5.79. The number of hydrogen-bond donors (Lipinski definition) is 2. The Morgan fingerprint density at radius 1 is 1.03 bits per heavy atom. The van der Waals surface area contributed by atoms with Crippen LogP contribution >= 0.6 is 11.6 Å². The van der Waals surface area contributed by atoms with E-state index in [4.69, 9.17) is 21.1 Å². The summed E-state index contributed by atoms with van der Waals surface area (Å²) >= 11 is 6.09. The van der Waals surface area contributed by atoms with E-state index in [2.05, 4.69) is 10.0 Å². The molecule has 0 saturated heterocycles. The molecule has 0 bridgehead atoms. The molecule has 0 aliphatic carbocycles. The van der Waals surface area contributed by atoms with Gasteiger partial charge in [0.25, 0.3) is 15.9 Å². The van der Waals surface area contributed by atoms with E-state index in [9.17, 15) is 22.0 Å². The van der Waals surface area contributed by atoms with Crippen molar-refractivity contribution in [1.82, 2.24) is 0 Å². The number of benzene rings is 3. The number of anilines is 2. The number of nitrogens with one attached hydrogen (secondary N) is 2. The van der Waals surface area contributed by atoms with Gasteiger partial charge in [0.15, 0.2) is 6.61 Å². The molecule has 0 radical (unpaired) electrons. The Morgan fingerprint density at radius 2 is 1.75 bits per heavy atom. The first-order valence-electron chi connectivity index (χ1n) is 9.02. The van der Waals surface area contributed by atoms with Gasteiger partial charge in [-0.1, -0.05) is 11.6 Å². The Labute approximate surface area is 188 Å². The zero-order chi connectivity index (χ0) is 23.3. The molecule has 7 nitrogen and oxygen atoms in total. The number of amides is 1. The summed E-state index contributed by atoms with van der Waals surface area (Å²) in [5.74, 6) is -1.68. The Kier molecular flexibility index (Phi) is 7.16. The highest BCUT2D eigenvalue weighted by Crippen LogP contribution is 2.28. The van der Waals surface area contributed by atoms with Gasteiger partial charge in [0.1, 0.15) is 23.1 Å². The number of hydrogen-bond acceptors (Lipinski definition) is 5. The molecule has 0 fully saturated rings. The average molecular weight is 483 g/mol. The number of halogens is 3. The Bertz CT molecular complexity index is 1240. The number of carbonyl (C=O) groups is 1. The van der Waals surface area contributed by atoms with Crippen molar-refractivity contribution in [3.05, 3.63) is 77.3 Å². The lowest BCUT2D eigenvalue weighted by Gasteiger charge is -2.12. The normalized spacial score (nSPS) is 11.0. The number of rotatable bonds is 8. The second kappa shape index (κ2) is 9.84. The van der Waals surface area contributed by atoms with E-state index in [-0.39, 0.29) is 21.4 Å². The topological polar surface area (TPSA) is 93.7 Å². The molecule has 0 atom stereocenters. The van der Waals surface area contributed by atoms with Crippen LogP contribution in [0.1, 0.15) is 0 Å². The summed E-state index contributed by atoms with van der Waals surface area (Å²) in [7, 11) is -2.45. The van der Waals surface area contributed by atoms with Gasteiger partial charge in [0, 0.05) is 11.8 Å². The summed E-state index contributed by atoms with van der Waals surface area (Å²) in [5, 5.41) is 2.11.